The largest absolute Gasteiger partial charge is 0.399 e. The maximum atomic E-state index is 13.8. The molecule has 0 saturated heterocycles. The summed E-state index contributed by atoms with van der Waals surface area (Å²) in [6.45, 7) is 5.39. The summed E-state index contributed by atoms with van der Waals surface area (Å²) >= 11 is 0. The second-order valence-electron chi connectivity index (χ2n) is 4.67. The van der Waals surface area contributed by atoms with Gasteiger partial charge in [0.1, 0.15) is 5.69 Å². The van der Waals surface area contributed by atoms with Gasteiger partial charge in [0.15, 0.2) is 11.6 Å². The lowest BCUT2D eigenvalue weighted by atomic mass is 10.1. The number of rotatable bonds is 6. The van der Waals surface area contributed by atoms with E-state index in [1.54, 1.807) is 12.0 Å². The van der Waals surface area contributed by atoms with Gasteiger partial charge in [-0.3, -0.25) is 0 Å². The van der Waals surface area contributed by atoms with Crippen LogP contribution < -0.4 is 10.6 Å². The van der Waals surface area contributed by atoms with Crippen molar-refractivity contribution in [3.8, 4) is 0 Å². The molecule has 0 fully saturated rings. The smallest absolute Gasteiger partial charge is 0.151 e. The summed E-state index contributed by atoms with van der Waals surface area (Å²) in [5.74, 6) is -0.980. The zero-order chi connectivity index (χ0) is 13.7. The molecule has 0 atom stereocenters. The van der Waals surface area contributed by atoms with Gasteiger partial charge in [0, 0.05) is 25.9 Å². The fourth-order valence-electron chi connectivity index (χ4n) is 1.82. The lowest BCUT2D eigenvalue weighted by molar-refractivity contribution is 0.204. The summed E-state index contributed by atoms with van der Waals surface area (Å²) in [4.78, 5) is 1.65. The number of anilines is 2. The predicted octanol–water partition coefficient (Wildman–Crippen LogP) is 2.66. The summed E-state index contributed by atoms with van der Waals surface area (Å²) in [6, 6.07) is 2.27. The molecule has 1 rings (SSSR count). The molecule has 0 heterocycles. The van der Waals surface area contributed by atoms with Gasteiger partial charge in [-0.15, -0.1) is 0 Å². The number of nitrogen functional groups attached to an aromatic ring is 1. The van der Waals surface area contributed by atoms with Crippen molar-refractivity contribution in [1.82, 2.24) is 0 Å². The Morgan fingerprint density at radius 2 is 1.83 bits per heavy atom. The Bertz CT molecular complexity index is 374. The van der Waals surface area contributed by atoms with E-state index in [1.807, 2.05) is 13.8 Å². The van der Waals surface area contributed by atoms with E-state index in [0.717, 1.165) is 12.1 Å². The van der Waals surface area contributed by atoms with Gasteiger partial charge in [-0.2, -0.15) is 0 Å². The molecule has 1 aromatic rings. The third-order valence-corrected chi connectivity index (χ3v) is 2.51. The fraction of sp³-hybridized carbons (Fsp3) is 0.538. The molecule has 5 heteroatoms. The van der Waals surface area contributed by atoms with E-state index in [2.05, 4.69) is 0 Å². The standard InChI is InChI=1S/C13H20F2N2O/c1-9(2)8-17(4-5-18-3)13-11(14)6-10(16)7-12(13)15/h6-7,9H,4-5,8,16H2,1-3H3. The first-order valence-corrected chi connectivity index (χ1v) is 5.94. The molecule has 3 nitrogen and oxygen atoms in total. The first-order valence-electron chi connectivity index (χ1n) is 5.94. The van der Waals surface area contributed by atoms with E-state index in [4.69, 9.17) is 10.5 Å². The van der Waals surface area contributed by atoms with Crippen LogP contribution >= 0.6 is 0 Å². The molecule has 0 amide bonds. The zero-order valence-electron chi connectivity index (χ0n) is 11.0. The lowest BCUT2D eigenvalue weighted by Gasteiger charge is -2.27. The Hall–Kier alpha value is -1.36. The van der Waals surface area contributed by atoms with Crippen LogP contribution in [0.5, 0.6) is 0 Å². The Morgan fingerprint density at radius 1 is 1.28 bits per heavy atom. The summed E-state index contributed by atoms with van der Waals surface area (Å²) in [5.41, 5.74) is 5.46. The molecule has 18 heavy (non-hydrogen) atoms. The number of nitrogens with zero attached hydrogens (tertiary/aromatic N) is 1. The molecule has 0 aliphatic carbocycles. The monoisotopic (exact) mass is 258 g/mol. The number of benzene rings is 1. The molecule has 0 aromatic heterocycles. The summed E-state index contributed by atoms with van der Waals surface area (Å²) in [5, 5.41) is 0. The minimum absolute atomic E-state index is 0.0325. The number of nitrogens with two attached hydrogens (primary N) is 1. The van der Waals surface area contributed by atoms with Crippen molar-refractivity contribution in [3.05, 3.63) is 23.8 Å². The Balaban J connectivity index is 3.03. The van der Waals surface area contributed by atoms with E-state index in [9.17, 15) is 8.78 Å². The van der Waals surface area contributed by atoms with Gasteiger partial charge >= 0.3 is 0 Å². The van der Waals surface area contributed by atoms with Crippen molar-refractivity contribution < 1.29 is 13.5 Å². The summed E-state index contributed by atoms with van der Waals surface area (Å²) < 4.78 is 32.6. The van der Waals surface area contributed by atoms with Crippen molar-refractivity contribution in [1.29, 1.82) is 0 Å². The van der Waals surface area contributed by atoms with Crippen molar-refractivity contribution in [3.63, 3.8) is 0 Å². The van der Waals surface area contributed by atoms with Crippen LogP contribution in [0.3, 0.4) is 0 Å². The van der Waals surface area contributed by atoms with Crippen LogP contribution in [0.1, 0.15) is 13.8 Å². The van der Waals surface area contributed by atoms with Crippen LogP contribution in [0, 0.1) is 17.6 Å². The molecule has 102 valence electrons. The average molecular weight is 258 g/mol. The number of methoxy groups -OCH3 is 1. The van der Waals surface area contributed by atoms with Gasteiger partial charge in [0.2, 0.25) is 0 Å². The van der Waals surface area contributed by atoms with Gasteiger partial charge in [-0.1, -0.05) is 13.8 Å². The van der Waals surface area contributed by atoms with Gasteiger partial charge in [-0.25, -0.2) is 8.78 Å². The molecule has 0 spiro atoms. The predicted molar refractivity (Wildman–Crippen MR) is 69.7 cm³/mol. The summed E-state index contributed by atoms with van der Waals surface area (Å²) in [7, 11) is 1.56. The highest BCUT2D eigenvalue weighted by atomic mass is 19.1. The van der Waals surface area contributed by atoms with Crippen LogP contribution in [0.15, 0.2) is 12.1 Å². The van der Waals surface area contributed by atoms with Crippen molar-refractivity contribution >= 4 is 11.4 Å². The van der Waals surface area contributed by atoms with E-state index >= 15 is 0 Å². The van der Waals surface area contributed by atoms with Crippen molar-refractivity contribution in [2.24, 2.45) is 5.92 Å². The van der Waals surface area contributed by atoms with E-state index in [-0.39, 0.29) is 11.4 Å². The molecule has 0 saturated carbocycles. The number of ether oxygens (including phenoxy) is 1. The van der Waals surface area contributed by atoms with Crippen LogP contribution in [0.25, 0.3) is 0 Å². The molecule has 0 radical (unpaired) electrons. The highest BCUT2D eigenvalue weighted by Gasteiger charge is 2.18. The lowest BCUT2D eigenvalue weighted by Crippen LogP contribution is -2.32. The first-order chi connectivity index (χ1) is 8.45. The zero-order valence-corrected chi connectivity index (χ0v) is 11.0. The summed E-state index contributed by atoms with van der Waals surface area (Å²) in [6.07, 6.45) is 0. The highest BCUT2D eigenvalue weighted by molar-refractivity contribution is 5.55. The van der Waals surface area contributed by atoms with Gasteiger partial charge in [-0.05, 0) is 18.1 Å². The second-order valence-corrected chi connectivity index (χ2v) is 4.67. The molecular weight excluding hydrogens is 238 g/mol. The molecule has 2 N–H and O–H groups in total. The van der Waals surface area contributed by atoms with Crippen LogP contribution in [0.4, 0.5) is 20.2 Å². The normalized spacial score (nSPS) is 11.0. The SMILES string of the molecule is COCCN(CC(C)C)c1c(F)cc(N)cc1F. The Kier molecular flexibility index (Phi) is 5.34. The second kappa shape index (κ2) is 6.54. The van der Waals surface area contributed by atoms with Crippen LogP contribution in [0.2, 0.25) is 0 Å². The number of halogens is 2. The molecule has 0 aliphatic rings. The first kappa shape index (κ1) is 14.7. The van der Waals surface area contributed by atoms with Gasteiger partial charge < -0.3 is 15.4 Å². The van der Waals surface area contributed by atoms with E-state index < -0.39 is 11.6 Å². The minimum Gasteiger partial charge on any atom is -0.399 e. The van der Waals surface area contributed by atoms with Crippen molar-refractivity contribution in [2.75, 3.05) is 37.4 Å². The Morgan fingerprint density at radius 3 is 2.28 bits per heavy atom. The van der Waals surface area contributed by atoms with E-state index in [0.29, 0.717) is 25.6 Å². The van der Waals surface area contributed by atoms with E-state index in [1.165, 1.54) is 0 Å². The maximum Gasteiger partial charge on any atom is 0.151 e. The fourth-order valence-corrected chi connectivity index (χ4v) is 1.82. The third kappa shape index (κ3) is 3.84. The molecule has 0 aliphatic heterocycles. The maximum absolute atomic E-state index is 13.8. The number of hydrogen-bond donors (Lipinski definition) is 1. The van der Waals surface area contributed by atoms with Crippen LogP contribution in [-0.4, -0.2) is 26.8 Å². The Labute approximate surface area is 107 Å². The average Bonchev–Trinajstić information content (AvgIpc) is 2.23. The van der Waals surface area contributed by atoms with Crippen LogP contribution in [-0.2, 0) is 4.74 Å². The minimum atomic E-state index is -0.635. The quantitative estimate of drug-likeness (QED) is 0.797. The third-order valence-electron chi connectivity index (χ3n) is 2.51. The molecule has 0 unspecified atom stereocenters. The highest BCUT2D eigenvalue weighted by Crippen LogP contribution is 2.26. The molecule has 0 bridgehead atoms. The number of hydrogen-bond acceptors (Lipinski definition) is 3. The van der Waals surface area contributed by atoms with Gasteiger partial charge in [0.25, 0.3) is 0 Å². The van der Waals surface area contributed by atoms with Gasteiger partial charge in [0.05, 0.1) is 6.61 Å². The van der Waals surface area contributed by atoms with Crippen molar-refractivity contribution in [2.45, 2.75) is 13.8 Å². The molecule has 1 aromatic carbocycles. The molecular formula is C13H20F2N2O. The topological polar surface area (TPSA) is 38.5 Å².